The lowest BCUT2D eigenvalue weighted by atomic mass is 10.1. The minimum atomic E-state index is -3.61. The lowest BCUT2D eigenvalue weighted by Gasteiger charge is -2.34. The second-order valence-electron chi connectivity index (χ2n) is 6.63. The molecule has 1 aliphatic heterocycles. The van der Waals surface area contributed by atoms with Gasteiger partial charge in [-0.25, -0.2) is 8.42 Å². The van der Waals surface area contributed by atoms with E-state index in [0.717, 1.165) is 5.56 Å². The van der Waals surface area contributed by atoms with Gasteiger partial charge < -0.3 is 10.0 Å². The molecule has 1 aliphatic rings. The van der Waals surface area contributed by atoms with Gasteiger partial charge in [-0.3, -0.25) is 4.79 Å². The number of hydrogen-bond acceptors (Lipinski definition) is 4. The van der Waals surface area contributed by atoms with Crippen LogP contribution in [0.1, 0.15) is 21.5 Å². The summed E-state index contributed by atoms with van der Waals surface area (Å²) in [5.41, 5.74) is 1.83. The van der Waals surface area contributed by atoms with E-state index in [2.05, 4.69) is 0 Å². The molecule has 0 saturated carbocycles. The summed E-state index contributed by atoms with van der Waals surface area (Å²) in [4.78, 5) is 14.4. The van der Waals surface area contributed by atoms with E-state index >= 15 is 0 Å². The van der Waals surface area contributed by atoms with Crippen LogP contribution in [0, 0.1) is 13.8 Å². The van der Waals surface area contributed by atoms with E-state index in [1.54, 1.807) is 19.1 Å². The highest BCUT2D eigenvalue weighted by Crippen LogP contribution is 2.25. The monoisotopic (exact) mass is 408 g/mol. The summed E-state index contributed by atoms with van der Waals surface area (Å²) in [6.07, 6.45) is 0. The van der Waals surface area contributed by atoms with E-state index < -0.39 is 10.0 Å². The standard InChI is InChI=1S/C19H21ClN2O4S/c1-13-3-6-18(14(2)11-13)27(25,26)22-9-7-21(8-10-22)19(24)16-12-15(20)4-5-17(16)23/h3-6,11-12,23H,7-10H2,1-2H3. The normalized spacial score (nSPS) is 15.7. The molecule has 1 amide bonds. The largest absolute Gasteiger partial charge is 0.507 e. The molecule has 1 N–H and O–H groups in total. The van der Waals surface area contributed by atoms with Crippen molar-refractivity contribution in [1.29, 1.82) is 0 Å². The van der Waals surface area contributed by atoms with Gasteiger partial charge in [0.25, 0.3) is 5.91 Å². The maximum absolute atomic E-state index is 12.9. The van der Waals surface area contributed by atoms with Gasteiger partial charge in [0.1, 0.15) is 5.75 Å². The van der Waals surface area contributed by atoms with E-state index in [9.17, 15) is 18.3 Å². The van der Waals surface area contributed by atoms with Crippen molar-refractivity contribution in [3.05, 3.63) is 58.1 Å². The highest BCUT2D eigenvalue weighted by Gasteiger charge is 2.31. The molecule has 3 rings (SSSR count). The van der Waals surface area contributed by atoms with Crippen molar-refractivity contribution >= 4 is 27.5 Å². The van der Waals surface area contributed by atoms with Gasteiger partial charge >= 0.3 is 0 Å². The number of benzene rings is 2. The molecule has 8 heteroatoms. The quantitative estimate of drug-likeness (QED) is 0.847. The Balaban J connectivity index is 1.75. The molecule has 144 valence electrons. The third-order valence-electron chi connectivity index (χ3n) is 4.66. The van der Waals surface area contributed by atoms with Crippen molar-refractivity contribution in [3.8, 4) is 5.75 Å². The number of carbonyl (C=O) groups excluding carboxylic acids is 1. The zero-order valence-electron chi connectivity index (χ0n) is 15.1. The Morgan fingerprint density at radius 1 is 1.04 bits per heavy atom. The first-order valence-electron chi connectivity index (χ1n) is 8.55. The van der Waals surface area contributed by atoms with Crippen LogP contribution in [0.2, 0.25) is 5.02 Å². The highest BCUT2D eigenvalue weighted by molar-refractivity contribution is 7.89. The van der Waals surface area contributed by atoms with Crippen LogP contribution < -0.4 is 0 Å². The Morgan fingerprint density at radius 2 is 1.70 bits per heavy atom. The average molecular weight is 409 g/mol. The molecule has 2 aromatic carbocycles. The van der Waals surface area contributed by atoms with E-state index in [1.807, 2.05) is 13.0 Å². The molecule has 0 aliphatic carbocycles. The van der Waals surface area contributed by atoms with Crippen LogP contribution in [-0.2, 0) is 10.0 Å². The summed E-state index contributed by atoms with van der Waals surface area (Å²) in [5, 5.41) is 10.3. The minimum absolute atomic E-state index is 0.119. The maximum atomic E-state index is 12.9. The zero-order chi connectivity index (χ0) is 19.8. The second kappa shape index (κ2) is 7.50. The lowest BCUT2D eigenvalue weighted by molar-refractivity contribution is 0.0695. The number of amides is 1. The number of aromatic hydroxyl groups is 1. The number of hydrogen-bond donors (Lipinski definition) is 1. The Bertz CT molecular complexity index is 983. The molecule has 0 bridgehead atoms. The van der Waals surface area contributed by atoms with Crippen LogP contribution in [0.25, 0.3) is 0 Å². The van der Waals surface area contributed by atoms with E-state index in [4.69, 9.17) is 11.6 Å². The molecule has 2 aromatic rings. The Labute approximate surface area is 164 Å². The number of phenolic OH excluding ortho intramolecular Hbond substituents is 1. The molecule has 1 saturated heterocycles. The number of rotatable bonds is 3. The first-order valence-corrected chi connectivity index (χ1v) is 10.4. The van der Waals surface area contributed by atoms with Crippen molar-refractivity contribution in [1.82, 2.24) is 9.21 Å². The fraction of sp³-hybridized carbons (Fsp3) is 0.316. The number of sulfonamides is 1. The topological polar surface area (TPSA) is 77.9 Å². The van der Waals surface area contributed by atoms with Gasteiger partial charge in [0.2, 0.25) is 10.0 Å². The molecule has 0 radical (unpaired) electrons. The molecule has 0 unspecified atom stereocenters. The van der Waals surface area contributed by atoms with Crippen LogP contribution in [0.3, 0.4) is 0 Å². The molecule has 0 aromatic heterocycles. The van der Waals surface area contributed by atoms with Gasteiger partial charge in [-0.2, -0.15) is 4.31 Å². The Kier molecular flexibility index (Phi) is 5.46. The predicted octanol–water partition coefficient (Wildman–Crippen LogP) is 2.81. The molecule has 1 fully saturated rings. The predicted molar refractivity (Wildman–Crippen MR) is 104 cm³/mol. The third-order valence-corrected chi connectivity index (χ3v) is 6.96. The average Bonchev–Trinajstić information content (AvgIpc) is 2.63. The molecule has 6 nitrogen and oxygen atoms in total. The number of piperazine rings is 1. The zero-order valence-corrected chi connectivity index (χ0v) is 16.7. The SMILES string of the molecule is Cc1ccc(S(=O)(=O)N2CCN(C(=O)c3cc(Cl)ccc3O)CC2)c(C)c1. The van der Waals surface area contributed by atoms with Crippen molar-refractivity contribution in [3.63, 3.8) is 0 Å². The number of carbonyl (C=O) groups is 1. The smallest absolute Gasteiger partial charge is 0.257 e. The van der Waals surface area contributed by atoms with Gasteiger partial charge in [0.05, 0.1) is 10.5 Å². The molecular formula is C19H21ClN2O4S. The van der Waals surface area contributed by atoms with Crippen molar-refractivity contribution in [2.45, 2.75) is 18.7 Å². The van der Waals surface area contributed by atoms with Gasteiger partial charge in [-0.15, -0.1) is 0 Å². The van der Waals surface area contributed by atoms with E-state index in [0.29, 0.717) is 15.5 Å². The number of aryl methyl sites for hydroxylation is 2. The van der Waals surface area contributed by atoms with E-state index in [1.165, 1.54) is 27.4 Å². The summed E-state index contributed by atoms with van der Waals surface area (Å²) >= 11 is 5.91. The molecule has 1 heterocycles. The van der Waals surface area contributed by atoms with Crippen molar-refractivity contribution in [2.75, 3.05) is 26.2 Å². The highest BCUT2D eigenvalue weighted by atomic mass is 35.5. The van der Waals surface area contributed by atoms with Gasteiger partial charge in [-0.1, -0.05) is 29.3 Å². The summed E-state index contributed by atoms with van der Waals surface area (Å²) in [5.74, 6) is -0.506. The fourth-order valence-electron chi connectivity index (χ4n) is 3.21. The lowest BCUT2D eigenvalue weighted by Crippen LogP contribution is -2.50. The van der Waals surface area contributed by atoms with E-state index in [-0.39, 0.29) is 43.4 Å². The van der Waals surface area contributed by atoms with Crippen LogP contribution in [-0.4, -0.2) is 54.8 Å². The van der Waals surface area contributed by atoms with Gasteiger partial charge in [0, 0.05) is 31.2 Å². The summed E-state index contributed by atoms with van der Waals surface area (Å²) in [6, 6.07) is 9.54. The molecule has 27 heavy (non-hydrogen) atoms. The van der Waals surface area contributed by atoms with Crippen LogP contribution in [0.15, 0.2) is 41.3 Å². The first kappa shape index (κ1) is 19.7. The summed E-state index contributed by atoms with van der Waals surface area (Å²) in [6.45, 7) is 4.58. The van der Waals surface area contributed by atoms with Gasteiger partial charge in [0.15, 0.2) is 0 Å². The van der Waals surface area contributed by atoms with Crippen molar-refractivity contribution < 1.29 is 18.3 Å². The Morgan fingerprint density at radius 3 is 2.33 bits per heavy atom. The summed E-state index contributed by atoms with van der Waals surface area (Å²) < 4.78 is 27.3. The number of halogens is 1. The second-order valence-corrected chi connectivity index (χ2v) is 8.97. The number of phenols is 1. The third kappa shape index (κ3) is 3.95. The molecule has 0 atom stereocenters. The maximum Gasteiger partial charge on any atom is 0.257 e. The molecular weight excluding hydrogens is 388 g/mol. The summed E-state index contributed by atoms with van der Waals surface area (Å²) in [7, 11) is -3.61. The van der Waals surface area contributed by atoms with Crippen LogP contribution >= 0.6 is 11.6 Å². The van der Waals surface area contributed by atoms with Gasteiger partial charge in [-0.05, 0) is 43.7 Å². The first-order chi connectivity index (χ1) is 12.7. The fourth-order valence-corrected chi connectivity index (χ4v) is 5.01. The Hall–Kier alpha value is -2.09. The van der Waals surface area contributed by atoms with Crippen LogP contribution in [0.4, 0.5) is 0 Å². The number of nitrogens with zero attached hydrogens (tertiary/aromatic N) is 2. The molecule has 0 spiro atoms. The van der Waals surface area contributed by atoms with Crippen molar-refractivity contribution in [2.24, 2.45) is 0 Å². The van der Waals surface area contributed by atoms with Crippen LogP contribution in [0.5, 0.6) is 5.75 Å². The minimum Gasteiger partial charge on any atom is -0.507 e.